The topological polar surface area (TPSA) is 66.4 Å². The lowest BCUT2D eigenvalue weighted by Gasteiger charge is -2.21. The Kier molecular flexibility index (Phi) is 8.31. The van der Waals surface area contributed by atoms with E-state index in [1.54, 1.807) is 0 Å². The fourth-order valence-electron chi connectivity index (χ4n) is 3.08. The molecule has 1 aliphatic carbocycles. The molecule has 1 unspecified atom stereocenters. The maximum absolute atomic E-state index is 12.0. The quantitative estimate of drug-likeness (QED) is 0.682. The minimum atomic E-state index is -0.725. The number of carbonyl (C=O) groups is 2. The van der Waals surface area contributed by atoms with Gasteiger partial charge in [0.05, 0.1) is 0 Å². The van der Waals surface area contributed by atoms with Gasteiger partial charge < -0.3 is 10.4 Å². The van der Waals surface area contributed by atoms with Crippen molar-refractivity contribution in [3.8, 4) is 0 Å². The number of amides is 1. The van der Waals surface area contributed by atoms with Gasteiger partial charge in [-0.05, 0) is 31.6 Å². The molecule has 1 fully saturated rings. The molecule has 116 valence electrons. The van der Waals surface area contributed by atoms with E-state index in [9.17, 15) is 9.59 Å². The van der Waals surface area contributed by atoms with Gasteiger partial charge in [-0.1, -0.05) is 39.0 Å². The van der Waals surface area contributed by atoms with Crippen LogP contribution in [0.3, 0.4) is 0 Å². The van der Waals surface area contributed by atoms with Crippen molar-refractivity contribution in [3.05, 3.63) is 0 Å². The molecule has 1 atom stereocenters. The van der Waals surface area contributed by atoms with Crippen molar-refractivity contribution in [1.29, 1.82) is 0 Å². The second kappa shape index (κ2) is 9.78. The Morgan fingerprint density at radius 2 is 1.85 bits per heavy atom. The van der Waals surface area contributed by atoms with Crippen LogP contribution in [0.2, 0.25) is 0 Å². The van der Waals surface area contributed by atoms with Crippen LogP contribution in [-0.2, 0) is 9.59 Å². The summed E-state index contributed by atoms with van der Waals surface area (Å²) < 4.78 is 0. The second-order valence-corrected chi connectivity index (χ2v) is 6.00. The molecule has 1 rings (SSSR count). The number of aliphatic carboxylic acids is 1. The van der Waals surface area contributed by atoms with E-state index in [1.807, 2.05) is 0 Å². The van der Waals surface area contributed by atoms with Gasteiger partial charge in [-0.25, -0.2) is 0 Å². The van der Waals surface area contributed by atoms with E-state index < -0.39 is 5.97 Å². The third-order valence-electron chi connectivity index (χ3n) is 4.29. The summed E-state index contributed by atoms with van der Waals surface area (Å²) in [4.78, 5) is 22.6. The number of carbonyl (C=O) groups excluding carboxylic acids is 1. The molecular weight excluding hydrogens is 254 g/mol. The Hall–Kier alpha value is -1.06. The normalized spacial score (nSPS) is 17.6. The number of hydrogen-bond donors (Lipinski definition) is 2. The Balaban J connectivity index is 2.21. The van der Waals surface area contributed by atoms with Crippen molar-refractivity contribution >= 4 is 11.9 Å². The molecule has 4 heteroatoms. The van der Waals surface area contributed by atoms with E-state index in [-0.39, 0.29) is 18.2 Å². The second-order valence-electron chi connectivity index (χ2n) is 6.00. The number of carboxylic acids is 1. The van der Waals surface area contributed by atoms with E-state index >= 15 is 0 Å². The molecule has 1 aliphatic rings. The average molecular weight is 283 g/mol. The molecule has 0 aliphatic heterocycles. The van der Waals surface area contributed by atoms with Gasteiger partial charge in [0.15, 0.2) is 0 Å². The first kappa shape index (κ1) is 17.0. The highest BCUT2D eigenvalue weighted by molar-refractivity contribution is 5.78. The number of carboxylic acid groups (broad SMARTS) is 1. The summed E-state index contributed by atoms with van der Waals surface area (Å²) >= 11 is 0. The van der Waals surface area contributed by atoms with Crippen LogP contribution in [0.15, 0.2) is 0 Å². The van der Waals surface area contributed by atoms with Gasteiger partial charge in [0.1, 0.15) is 0 Å². The lowest BCUT2D eigenvalue weighted by Crippen LogP contribution is -2.33. The van der Waals surface area contributed by atoms with Crippen LogP contribution < -0.4 is 5.32 Å². The van der Waals surface area contributed by atoms with Crippen molar-refractivity contribution in [2.75, 3.05) is 6.54 Å². The third kappa shape index (κ3) is 6.92. The van der Waals surface area contributed by atoms with Crippen LogP contribution in [0, 0.1) is 11.8 Å². The first-order valence-corrected chi connectivity index (χ1v) is 8.13. The van der Waals surface area contributed by atoms with E-state index in [0.717, 1.165) is 38.5 Å². The summed E-state index contributed by atoms with van der Waals surface area (Å²) in [5, 5.41) is 11.8. The molecule has 2 N–H and O–H groups in total. The molecule has 0 bridgehead atoms. The van der Waals surface area contributed by atoms with Gasteiger partial charge in [-0.15, -0.1) is 0 Å². The average Bonchev–Trinajstić information content (AvgIpc) is 2.45. The number of nitrogens with one attached hydrogen (secondary N) is 1. The first-order valence-electron chi connectivity index (χ1n) is 8.13. The van der Waals surface area contributed by atoms with Crippen molar-refractivity contribution in [2.24, 2.45) is 11.8 Å². The minimum absolute atomic E-state index is 0.207. The molecule has 1 saturated carbocycles. The summed E-state index contributed by atoms with van der Waals surface area (Å²) in [5.41, 5.74) is 0. The fourth-order valence-corrected chi connectivity index (χ4v) is 3.08. The molecule has 0 saturated heterocycles. The monoisotopic (exact) mass is 283 g/mol. The number of rotatable bonds is 9. The van der Waals surface area contributed by atoms with Crippen LogP contribution in [0.4, 0.5) is 0 Å². The van der Waals surface area contributed by atoms with Gasteiger partial charge >= 0.3 is 5.97 Å². The summed E-state index contributed by atoms with van der Waals surface area (Å²) in [6, 6.07) is 0. The van der Waals surface area contributed by atoms with Crippen LogP contribution in [0.5, 0.6) is 0 Å². The Morgan fingerprint density at radius 3 is 2.45 bits per heavy atom. The SMILES string of the molecule is CCCC(CCNC(=O)C1CCCCC1)CCC(=O)O. The number of hydrogen-bond acceptors (Lipinski definition) is 2. The highest BCUT2D eigenvalue weighted by Gasteiger charge is 2.20. The largest absolute Gasteiger partial charge is 0.481 e. The zero-order chi connectivity index (χ0) is 14.8. The zero-order valence-electron chi connectivity index (χ0n) is 12.7. The lowest BCUT2D eigenvalue weighted by atomic mass is 9.88. The van der Waals surface area contributed by atoms with Gasteiger partial charge in [0.2, 0.25) is 5.91 Å². The van der Waals surface area contributed by atoms with Gasteiger partial charge in [-0.2, -0.15) is 0 Å². The standard InChI is InChI=1S/C16H29NO3/c1-2-6-13(9-10-15(18)19)11-12-17-16(20)14-7-4-3-5-8-14/h13-14H,2-12H2,1H3,(H,17,20)(H,18,19). The first-order chi connectivity index (χ1) is 9.63. The summed E-state index contributed by atoms with van der Waals surface area (Å²) in [6.45, 7) is 2.81. The fraction of sp³-hybridized carbons (Fsp3) is 0.875. The van der Waals surface area contributed by atoms with E-state index in [1.165, 1.54) is 19.3 Å². The molecule has 0 aromatic carbocycles. The predicted octanol–water partition coefficient (Wildman–Crippen LogP) is 3.35. The van der Waals surface area contributed by atoms with Crippen molar-refractivity contribution in [2.45, 2.75) is 71.1 Å². The van der Waals surface area contributed by atoms with Crippen molar-refractivity contribution in [3.63, 3.8) is 0 Å². The van der Waals surface area contributed by atoms with Crippen molar-refractivity contribution < 1.29 is 14.7 Å². The minimum Gasteiger partial charge on any atom is -0.481 e. The molecule has 0 spiro atoms. The van der Waals surface area contributed by atoms with Crippen LogP contribution >= 0.6 is 0 Å². The lowest BCUT2D eigenvalue weighted by molar-refractivity contribution is -0.137. The van der Waals surface area contributed by atoms with E-state index in [2.05, 4.69) is 12.2 Å². The molecule has 0 heterocycles. The molecule has 0 radical (unpaired) electrons. The highest BCUT2D eigenvalue weighted by Crippen LogP contribution is 2.23. The van der Waals surface area contributed by atoms with Gasteiger partial charge in [0.25, 0.3) is 0 Å². The maximum Gasteiger partial charge on any atom is 0.303 e. The third-order valence-corrected chi connectivity index (χ3v) is 4.29. The zero-order valence-corrected chi connectivity index (χ0v) is 12.7. The summed E-state index contributed by atoms with van der Waals surface area (Å²) in [7, 11) is 0. The van der Waals surface area contributed by atoms with E-state index in [0.29, 0.717) is 12.5 Å². The summed E-state index contributed by atoms with van der Waals surface area (Å²) in [6.07, 6.45) is 9.66. The van der Waals surface area contributed by atoms with Crippen molar-refractivity contribution in [1.82, 2.24) is 5.32 Å². The van der Waals surface area contributed by atoms with Crippen LogP contribution in [0.25, 0.3) is 0 Å². The van der Waals surface area contributed by atoms with Gasteiger partial charge in [-0.3, -0.25) is 9.59 Å². The molecule has 1 amide bonds. The Bertz CT molecular complexity index is 298. The molecule has 4 nitrogen and oxygen atoms in total. The highest BCUT2D eigenvalue weighted by atomic mass is 16.4. The smallest absolute Gasteiger partial charge is 0.303 e. The van der Waals surface area contributed by atoms with Crippen LogP contribution in [-0.4, -0.2) is 23.5 Å². The molecular formula is C16H29NO3. The maximum atomic E-state index is 12.0. The predicted molar refractivity (Wildman–Crippen MR) is 79.5 cm³/mol. The Labute approximate surface area is 122 Å². The Morgan fingerprint density at radius 1 is 1.15 bits per heavy atom. The molecule has 0 aromatic rings. The van der Waals surface area contributed by atoms with E-state index in [4.69, 9.17) is 5.11 Å². The molecule has 0 aromatic heterocycles. The van der Waals surface area contributed by atoms with Gasteiger partial charge in [0, 0.05) is 18.9 Å². The summed E-state index contributed by atoms with van der Waals surface area (Å²) in [5.74, 6) is 0.116. The van der Waals surface area contributed by atoms with Crippen LogP contribution in [0.1, 0.15) is 71.1 Å². The molecule has 20 heavy (non-hydrogen) atoms.